The van der Waals surface area contributed by atoms with Gasteiger partial charge in [0.15, 0.2) is 5.58 Å². The lowest BCUT2D eigenvalue weighted by atomic mass is 10.1. The fourth-order valence-electron chi connectivity index (χ4n) is 3.12. The number of amides is 1. The number of carbonyl (C=O) groups excluding carboxylic acids is 2. The first kappa shape index (κ1) is 18.2. The minimum Gasteiger partial charge on any atom is -0.465 e. The highest BCUT2D eigenvalue weighted by atomic mass is 16.5. The Morgan fingerprint density at radius 1 is 1.03 bits per heavy atom. The van der Waals surface area contributed by atoms with E-state index < -0.39 is 23.2 Å². The van der Waals surface area contributed by atoms with Crippen LogP contribution in [0.3, 0.4) is 0 Å². The van der Waals surface area contributed by atoms with E-state index in [-0.39, 0.29) is 17.5 Å². The fourth-order valence-corrected chi connectivity index (χ4v) is 3.12. The third-order valence-electron chi connectivity index (χ3n) is 4.45. The molecule has 9 nitrogen and oxygen atoms in total. The molecule has 4 aromatic rings. The quantitative estimate of drug-likeness (QED) is 0.526. The highest BCUT2D eigenvalue weighted by Crippen LogP contribution is 2.16. The molecule has 2 aromatic carbocycles. The number of para-hydroxylation sites is 2. The van der Waals surface area contributed by atoms with E-state index in [4.69, 9.17) is 9.15 Å². The molecule has 0 radical (unpaired) electrons. The second-order valence-electron chi connectivity index (χ2n) is 6.21. The standard InChI is InChI=1S/C20H15N3O6/c1-28-19(26)14-10-23(18(25)13-7-3-2-6-12(13)14)21-17(24)11-22-15-8-4-5-9-16(15)29-20(22)27/h2-10H,11H2,1H3,(H,21,24). The summed E-state index contributed by atoms with van der Waals surface area (Å²) in [6, 6.07) is 13.2. The number of aromatic nitrogens is 2. The molecular weight excluding hydrogens is 378 g/mol. The highest BCUT2D eigenvalue weighted by Gasteiger charge is 2.17. The number of nitrogens with zero attached hydrogens (tertiary/aromatic N) is 2. The number of rotatable bonds is 4. The molecule has 1 N–H and O–H groups in total. The van der Waals surface area contributed by atoms with E-state index in [0.29, 0.717) is 16.5 Å². The molecule has 0 saturated carbocycles. The summed E-state index contributed by atoms with van der Waals surface area (Å²) < 4.78 is 11.9. The van der Waals surface area contributed by atoms with Crippen molar-refractivity contribution in [2.45, 2.75) is 6.54 Å². The third-order valence-corrected chi connectivity index (χ3v) is 4.45. The second kappa shape index (κ2) is 7.12. The smallest absolute Gasteiger partial charge is 0.420 e. The van der Waals surface area contributed by atoms with Crippen molar-refractivity contribution in [3.05, 3.63) is 81.2 Å². The number of pyridine rings is 1. The van der Waals surface area contributed by atoms with Gasteiger partial charge >= 0.3 is 11.7 Å². The van der Waals surface area contributed by atoms with Gasteiger partial charge in [0, 0.05) is 17.0 Å². The number of ether oxygens (including phenoxy) is 1. The molecule has 4 rings (SSSR count). The summed E-state index contributed by atoms with van der Waals surface area (Å²) in [6.45, 7) is -0.372. The van der Waals surface area contributed by atoms with Gasteiger partial charge in [0.2, 0.25) is 0 Å². The number of nitrogens with one attached hydrogen (secondary N) is 1. The average Bonchev–Trinajstić information content (AvgIpc) is 3.04. The Kier molecular flexibility index (Phi) is 4.47. The lowest BCUT2D eigenvalue weighted by Crippen LogP contribution is -2.36. The third kappa shape index (κ3) is 3.18. The van der Waals surface area contributed by atoms with Gasteiger partial charge in [-0.2, -0.15) is 0 Å². The predicted octanol–water partition coefficient (Wildman–Crippen LogP) is 1.47. The van der Waals surface area contributed by atoms with Gasteiger partial charge < -0.3 is 9.15 Å². The lowest BCUT2D eigenvalue weighted by molar-refractivity contribution is -0.117. The largest absolute Gasteiger partial charge is 0.465 e. The summed E-state index contributed by atoms with van der Waals surface area (Å²) in [6.07, 6.45) is 1.20. The first-order valence-electron chi connectivity index (χ1n) is 8.60. The van der Waals surface area contributed by atoms with Gasteiger partial charge in [0.1, 0.15) is 6.54 Å². The maximum atomic E-state index is 12.7. The number of benzene rings is 2. The number of esters is 1. The highest BCUT2D eigenvalue weighted by molar-refractivity contribution is 6.04. The van der Waals surface area contributed by atoms with Crippen molar-refractivity contribution < 1.29 is 18.7 Å². The number of oxazole rings is 1. The van der Waals surface area contributed by atoms with Gasteiger partial charge in [-0.25, -0.2) is 14.3 Å². The van der Waals surface area contributed by atoms with Crippen molar-refractivity contribution in [3.63, 3.8) is 0 Å². The van der Waals surface area contributed by atoms with E-state index in [9.17, 15) is 19.2 Å². The van der Waals surface area contributed by atoms with Gasteiger partial charge in [-0.15, -0.1) is 0 Å². The Morgan fingerprint density at radius 2 is 1.72 bits per heavy atom. The van der Waals surface area contributed by atoms with Crippen molar-refractivity contribution in [2.75, 3.05) is 12.5 Å². The Balaban J connectivity index is 1.72. The second-order valence-corrected chi connectivity index (χ2v) is 6.21. The van der Waals surface area contributed by atoms with Crippen LogP contribution < -0.4 is 16.7 Å². The summed E-state index contributed by atoms with van der Waals surface area (Å²) in [5, 5.41) is 0.647. The van der Waals surface area contributed by atoms with Gasteiger partial charge in [-0.05, 0) is 18.2 Å². The Bertz CT molecular complexity index is 1380. The molecule has 0 aliphatic rings. The van der Waals surface area contributed by atoms with E-state index >= 15 is 0 Å². The van der Waals surface area contributed by atoms with E-state index in [1.807, 2.05) is 0 Å². The SMILES string of the molecule is COC(=O)c1cn(NC(=O)Cn2c(=O)oc3ccccc32)c(=O)c2ccccc12. The molecule has 0 saturated heterocycles. The molecule has 0 spiro atoms. The molecule has 2 heterocycles. The minimum absolute atomic E-state index is 0.119. The first-order valence-corrected chi connectivity index (χ1v) is 8.60. The maximum Gasteiger partial charge on any atom is 0.420 e. The molecule has 0 aliphatic heterocycles. The van der Waals surface area contributed by atoms with Crippen LogP contribution >= 0.6 is 0 Å². The van der Waals surface area contributed by atoms with Crippen molar-refractivity contribution in [1.82, 2.24) is 9.24 Å². The summed E-state index contributed by atoms with van der Waals surface area (Å²) in [5.74, 6) is -1.99. The van der Waals surface area contributed by atoms with Crippen LogP contribution in [0.2, 0.25) is 0 Å². The van der Waals surface area contributed by atoms with E-state index in [1.54, 1.807) is 48.5 Å². The molecule has 0 atom stereocenters. The van der Waals surface area contributed by atoms with Crippen LogP contribution in [0.5, 0.6) is 0 Å². The number of hydrogen-bond donors (Lipinski definition) is 1. The average molecular weight is 393 g/mol. The molecule has 9 heteroatoms. The predicted molar refractivity (Wildman–Crippen MR) is 104 cm³/mol. The molecule has 0 fully saturated rings. The minimum atomic E-state index is -0.692. The molecule has 1 amide bonds. The number of hydrogen-bond acceptors (Lipinski definition) is 6. The van der Waals surface area contributed by atoms with Crippen molar-refractivity contribution in [2.24, 2.45) is 0 Å². The van der Waals surface area contributed by atoms with Crippen molar-refractivity contribution in [3.8, 4) is 0 Å². The van der Waals surface area contributed by atoms with Crippen LogP contribution in [0.15, 0.2) is 68.7 Å². The van der Waals surface area contributed by atoms with Crippen molar-refractivity contribution >= 4 is 33.7 Å². The zero-order valence-electron chi connectivity index (χ0n) is 15.2. The maximum absolute atomic E-state index is 12.7. The van der Waals surface area contributed by atoms with E-state index in [1.165, 1.54) is 13.3 Å². The van der Waals surface area contributed by atoms with Crippen LogP contribution in [0.25, 0.3) is 21.9 Å². The number of fused-ring (bicyclic) bond motifs is 2. The monoisotopic (exact) mass is 393 g/mol. The van der Waals surface area contributed by atoms with Gasteiger partial charge in [0.05, 0.1) is 18.2 Å². The Labute approximate surface area is 162 Å². The van der Waals surface area contributed by atoms with Crippen LogP contribution in [-0.4, -0.2) is 28.2 Å². The molecule has 146 valence electrons. The summed E-state index contributed by atoms with van der Waals surface area (Å²) in [7, 11) is 1.22. The van der Waals surface area contributed by atoms with Crippen LogP contribution in [-0.2, 0) is 16.1 Å². The molecule has 0 aliphatic carbocycles. The molecule has 2 aromatic heterocycles. The number of methoxy groups -OCH3 is 1. The van der Waals surface area contributed by atoms with Gasteiger partial charge in [-0.1, -0.05) is 30.3 Å². The van der Waals surface area contributed by atoms with Crippen molar-refractivity contribution in [1.29, 1.82) is 0 Å². The fraction of sp³-hybridized carbons (Fsp3) is 0.100. The Morgan fingerprint density at radius 3 is 2.48 bits per heavy atom. The molecule has 0 bridgehead atoms. The molecule has 0 unspecified atom stereocenters. The first-order chi connectivity index (χ1) is 14.0. The summed E-state index contributed by atoms with van der Waals surface area (Å²) >= 11 is 0. The zero-order valence-corrected chi connectivity index (χ0v) is 15.2. The van der Waals surface area contributed by atoms with E-state index in [0.717, 1.165) is 9.24 Å². The Hall–Kier alpha value is -4.14. The molecular formula is C20H15N3O6. The zero-order chi connectivity index (χ0) is 20.5. The van der Waals surface area contributed by atoms with Crippen LogP contribution in [0.4, 0.5) is 0 Å². The summed E-state index contributed by atoms with van der Waals surface area (Å²) in [4.78, 5) is 49.4. The molecule has 29 heavy (non-hydrogen) atoms. The van der Waals surface area contributed by atoms with E-state index in [2.05, 4.69) is 5.43 Å². The van der Waals surface area contributed by atoms with Gasteiger partial charge in [0.25, 0.3) is 11.5 Å². The normalized spacial score (nSPS) is 10.9. The topological polar surface area (TPSA) is 113 Å². The summed E-state index contributed by atoms with van der Waals surface area (Å²) in [5.41, 5.74) is 2.81. The number of carbonyl (C=O) groups is 2. The van der Waals surface area contributed by atoms with Crippen LogP contribution in [0, 0.1) is 0 Å². The van der Waals surface area contributed by atoms with Crippen LogP contribution in [0.1, 0.15) is 10.4 Å². The lowest BCUT2D eigenvalue weighted by Gasteiger charge is -2.12. The van der Waals surface area contributed by atoms with Gasteiger partial charge in [-0.3, -0.25) is 19.6 Å².